The number of rotatable bonds is 6. The molecule has 0 saturated carbocycles. The van der Waals surface area contributed by atoms with Gasteiger partial charge in [0.05, 0.1) is 0 Å². The molecule has 0 spiro atoms. The van der Waals surface area contributed by atoms with Gasteiger partial charge in [-0.3, -0.25) is 4.79 Å². The third-order valence-corrected chi connectivity index (χ3v) is 4.06. The molecule has 0 radical (unpaired) electrons. The van der Waals surface area contributed by atoms with E-state index < -0.39 is 0 Å². The molecule has 19 heavy (non-hydrogen) atoms. The minimum Gasteiger partial charge on any atom is -0.370 e. The predicted molar refractivity (Wildman–Crippen MR) is 80.2 cm³/mol. The fourth-order valence-electron chi connectivity index (χ4n) is 2.72. The Labute approximate surface area is 116 Å². The molecule has 0 aromatic heterocycles. The van der Waals surface area contributed by atoms with Crippen molar-refractivity contribution in [1.82, 2.24) is 4.90 Å². The van der Waals surface area contributed by atoms with E-state index in [4.69, 9.17) is 0 Å². The van der Waals surface area contributed by atoms with Gasteiger partial charge in [0.15, 0.2) is 5.78 Å². The van der Waals surface area contributed by atoms with Crippen molar-refractivity contribution in [2.75, 3.05) is 37.6 Å². The van der Waals surface area contributed by atoms with Crippen molar-refractivity contribution in [3.63, 3.8) is 0 Å². The first kappa shape index (κ1) is 14.1. The zero-order valence-corrected chi connectivity index (χ0v) is 12.3. The Morgan fingerprint density at radius 3 is 2.68 bits per heavy atom. The number of anilines is 1. The maximum atomic E-state index is 11.4. The molecule has 1 aliphatic rings. The van der Waals surface area contributed by atoms with Gasteiger partial charge in [0.2, 0.25) is 0 Å². The van der Waals surface area contributed by atoms with Crippen LogP contribution in [0.5, 0.6) is 0 Å². The van der Waals surface area contributed by atoms with Gasteiger partial charge >= 0.3 is 0 Å². The van der Waals surface area contributed by atoms with Crippen LogP contribution in [0.4, 0.5) is 5.69 Å². The monoisotopic (exact) mass is 260 g/mol. The van der Waals surface area contributed by atoms with Crippen molar-refractivity contribution >= 4 is 11.5 Å². The van der Waals surface area contributed by atoms with Crippen molar-refractivity contribution in [2.24, 2.45) is 0 Å². The second-order valence-electron chi connectivity index (χ2n) is 5.16. The number of hydrogen-bond donors (Lipinski definition) is 0. The lowest BCUT2D eigenvalue weighted by atomic mass is 10.1. The van der Waals surface area contributed by atoms with E-state index in [9.17, 15) is 4.79 Å². The zero-order valence-electron chi connectivity index (χ0n) is 12.3. The highest BCUT2D eigenvalue weighted by Gasteiger charge is 2.19. The molecule has 0 unspecified atom stereocenters. The maximum Gasteiger partial charge on any atom is 0.159 e. The largest absolute Gasteiger partial charge is 0.370 e. The Morgan fingerprint density at radius 1 is 1.32 bits per heavy atom. The third kappa shape index (κ3) is 3.16. The zero-order chi connectivity index (χ0) is 13.8. The van der Waals surface area contributed by atoms with Gasteiger partial charge < -0.3 is 9.80 Å². The number of ketones is 1. The highest BCUT2D eigenvalue weighted by Crippen LogP contribution is 2.28. The summed E-state index contributed by atoms with van der Waals surface area (Å²) in [6.07, 6.45) is 1.06. The first-order valence-electron chi connectivity index (χ1n) is 7.26. The Hall–Kier alpha value is -1.35. The number of likely N-dealkylation sites (N-methyl/N-ethyl adjacent to an activating group) is 1. The minimum atomic E-state index is 0.157. The van der Waals surface area contributed by atoms with E-state index in [1.54, 1.807) is 6.92 Å². The number of fused-ring (bicyclic) bond motifs is 1. The summed E-state index contributed by atoms with van der Waals surface area (Å²) in [4.78, 5) is 16.3. The van der Waals surface area contributed by atoms with Crippen LogP contribution in [0.25, 0.3) is 0 Å². The summed E-state index contributed by atoms with van der Waals surface area (Å²) in [6, 6.07) is 6.13. The summed E-state index contributed by atoms with van der Waals surface area (Å²) >= 11 is 0. The first-order valence-corrected chi connectivity index (χ1v) is 7.26. The predicted octanol–water partition coefficient (Wildman–Crippen LogP) is 2.59. The number of carbonyl (C=O) groups excluding carboxylic acids is 1. The van der Waals surface area contributed by atoms with Crippen molar-refractivity contribution in [1.29, 1.82) is 0 Å². The molecule has 0 aliphatic carbocycles. The molecule has 104 valence electrons. The molecule has 0 bridgehead atoms. The molecular weight excluding hydrogens is 236 g/mol. The van der Waals surface area contributed by atoms with Crippen LogP contribution in [0.2, 0.25) is 0 Å². The average Bonchev–Trinajstić information content (AvgIpc) is 2.82. The number of nitrogens with zero attached hydrogens (tertiary/aromatic N) is 2. The Balaban J connectivity index is 2.04. The van der Waals surface area contributed by atoms with Gasteiger partial charge in [0, 0.05) is 30.9 Å². The van der Waals surface area contributed by atoms with Crippen LogP contribution in [-0.2, 0) is 6.42 Å². The number of hydrogen-bond acceptors (Lipinski definition) is 3. The number of benzene rings is 1. The van der Waals surface area contributed by atoms with Crippen molar-refractivity contribution in [2.45, 2.75) is 27.2 Å². The van der Waals surface area contributed by atoms with Gasteiger partial charge in [-0.05, 0) is 50.2 Å². The molecule has 0 saturated heterocycles. The highest BCUT2D eigenvalue weighted by molar-refractivity contribution is 5.94. The molecule has 0 amide bonds. The van der Waals surface area contributed by atoms with E-state index in [1.165, 1.54) is 11.3 Å². The Morgan fingerprint density at radius 2 is 2.05 bits per heavy atom. The van der Waals surface area contributed by atoms with Crippen LogP contribution in [0.15, 0.2) is 18.2 Å². The van der Waals surface area contributed by atoms with E-state index >= 15 is 0 Å². The molecule has 3 heteroatoms. The second kappa shape index (κ2) is 6.20. The van der Waals surface area contributed by atoms with E-state index in [-0.39, 0.29) is 5.78 Å². The summed E-state index contributed by atoms with van der Waals surface area (Å²) in [6.45, 7) is 11.5. The van der Waals surface area contributed by atoms with E-state index in [1.807, 2.05) is 6.07 Å². The minimum absolute atomic E-state index is 0.157. The molecule has 0 fully saturated rings. The molecule has 1 aromatic carbocycles. The van der Waals surface area contributed by atoms with Gasteiger partial charge in [-0.2, -0.15) is 0 Å². The van der Waals surface area contributed by atoms with Crippen LogP contribution in [-0.4, -0.2) is 43.4 Å². The van der Waals surface area contributed by atoms with E-state index in [0.29, 0.717) is 0 Å². The standard InChI is InChI=1S/C16H24N2O/c1-4-17(5-2)10-11-18-9-8-15-12-14(13(3)19)6-7-16(15)18/h6-7,12H,4-5,8-11H2,1-3H3. The lowest BCUT2D eigenvalue weighted by Crippen LogP contribution is -2.34. The quantitative estimate of drug-likeness (QED) is 0.735. The summed E-state index contributed by atoms with van der Waals surface area (Å²) in [5.41, 5.74) is 3.48. The summed E-state index contributed by atoms with van der Waals surface area (Å²) in [7, 11) is 0. The lowest BCUT2D eigenvalue weighted by Gasteiger charge is -2.24. The van der Waals surface area contributed by atoms with Crippen LogP contribution in [0.3, 0.4) is 0 Å². The number of Topliss-reactive ketones (excluding diaryl/α,β-unsaturated/α-hetero) is 1. The molecule has 1 heterocycles. The summed E-state index contributed by atoms with van der Waals surface area (Å²) in [5, 5.41) is 0. The van der Waals surface area contributed by atoms with Crippen LogP contribution < -0.4 is 4.90 Å². The van der Waals surface area contributed by atoms with Crippen molar-refractivity contribution in [3.05, 3.63) is 29.3 Å². The Bertz CT molecular complexity index is 452. The first-order chi connectivity index (χ1) is 9.15. The second-order valence-corrected chi connectivity index (χ2v) is 5.16. The van der Waals surface area contributed by atoms with Gasteiger partial charge in [-0.1, -0.05) is 13.8 Å². The summed E-state index contributed by atoms with van der Waals surface area (Å²) in [5.74, 6) is 0.157. The summed E-state index contributed by atoms with van der Waals surface area (Å²) < 4.78 is 0. The van der Waals surface area contributed by atoms with Gasteiger partial charge in [-0.25, -0.2) is 0 Å². The molecule has 0 atom stereocenters. The molecule has 3 nitrogen and oxygen atoms in total. The van der Waals surface area contributed by atoms with E-state index in [0.717, 1.165) is 44.7 Å². The fraction of sp³-hybridized carbons (Fsp3) is 0.562. The maximum absolute atomic E-state index is 11.4. The smallest absolute Gasteiger partial charge is 0.159 e. The third-order valence-electron chi connectivity index (χ3n) is 4.06. The van der Waals surface area contributed by atoms with Gasteiger partial charge in [0.25, 0.3) is 0 Å². The highest BCUT2D eigenvalue weighted by atomic mass is 16.1. The van der Waals surface area contributed by atoms with Crippen LogP contribution in [0, 0.1) is 0 Å². The topological polar surface area (TPSA) is 23.6 Å². The lowest BCUT2D eigenvalue weighted by molar-refractivity contribution is 0.101. The van der Waals surface area contributed by atoms with Crippen molar-refractivity contribution < 1.29 is 4.79 Å². The van der Waals surface area contributed by atoms with E-state index in [2.05, 4.69) is 35.8 Å². The molecule has 2 rings (SSSR count). The molecule has 1 aromatic rings. The van der Waals surface area contributed by atoms with Gasteiger partial charge in [0.1, 0.15) is 0 Å². The normalized spacial score (nSPS) is 14.0. The van der Waals surface area contributed by atoms with Crippen molar-refractivity contribution in [3.8, 4) is 0 Å². The van der Waals surface area contributed by atoms with Gasteiger partial charge in [-0.15, -0.1) is 0 Å². The van der Waals surface area contributed by atoms with Crippen LogP contribution in [0.1, 0.15) is 36.7 Å². The fourth-order valence-corrected chi connectivity index (χ4v) is 2.72. The number of carbonyl (C=O) groups is 1. The Kier molecular flexibility index (Phi) is 4.59. The SMILES string of the molecule is CCN(CC)CCN1CCc2cc(C(C)=O)ccc21. The van der Waals surface area contributed by atoms with Crippen LogP contribution >= 0.6 is 0 Å². The molecular formula is C16H24N2O. The molecule has 1 aliphatic heterocycles. The average molecular weight is 260 g/mol. The molecule has 0 N–H and O–H groups in total.